The molecule has 22 heavy (non-hydrogen) atoms. The molecule has 2 aromatic carbocycles. The zero-order valence-corrected chi connectivity index (χ0v) is 13.0. The summed E-state index contributed by atoms with van der Waals surface area (Å²) < 4.78 is 1.73. The van der Waals surface area contributed by atoms with Crippen molar-refractivity contribution in [1.82, 2.24) is 15.0 Å². The number of aryl methyl sites for hydroxylation is 1. The van der Waals surface area contributed by atoms with Crippen molar-refractivity contribution in [3.8, 4) is 16.9 Å². The first-order valence-corrected chi connectivity index (χ1v) is 7.51. The molecule has 1 heterocycles. The Balaban J connectivity index is 2.14. The van der Waals surface area contributed by atoms with E-state index in [1.807, 2.05) is 36.4 Å². The van der Waals surface area contributed by atoms with Crippen molar-refractivity contribution in [2.75, 3.05) is 0 Å². The number of nitrogens with zero attached hydrogens (tertiary/aromatic N) is 3. The lowest BCUT2D eigenvalue weighted by Gasteiger charge is -2.09. The van der Waals surface area contributed by atoms with E-state index in [0.29, 0.717) is 10.7 Å². The molecule has 5 heteroatoms. The summed E-state index contributed by atoms with van der Waals surface area (Å²) in [6.45, 7) is 1.95. The minimum Gasteiger partial charge on any atom is -0.390 e. The lowest BCUT2D eigenvalue weighted by Crippen LogP contribution is -2.00. The third-order valence-corrected chi connectivity index (χ3v) is 3.81. The fourth-order valence-electron chi connectivity index (χ4n) is 2.40. The van der Waals surface area contributed by atoms with E-state index in [4.69, 9.17) is 11.6 Å². The predicted molar refractivity (Wildman–Crippen MR) is 87.1 cm³/mol. The maximum Gasteiger partial charge on any atom is 0.117 e. The molecule has 4 nitrogen and oxygen atoms in total. The molecule has 0 fully saturated rings. The van der Waals surface area contributed by atoms with E-state index < -0.39 is 0 Å². The molecule has 0 saturated carbocycles. The number of halogens is 1. The highest BCUT2D eigenvalue weighted by Crippen LogP contribution is 2.27. The summed E-state index contributed by atoms with van der Waals surface area (Å²) >= 11 is 6.08. The van der Waals surface area contributed by atoms with Crippen LogP contribution < -0.4 is 0 Å². The zero-order valence-electron chi connectivity index (χ0n) is 12.2. The van der Waals surface area contributed by atoms with Gasteiger partial charge in [-0.15, -0.1) is 5.10 Å². The van der Waals surface area contributed by atoms with Crippen LogP contribution in [0.25, 0.3) is 16.9 Å². The van der Waals surface area contributed by atoms with E-state index in [2.05, 4.69) is 29.4 Å². The standard InChI is InChI=1S/C17H16ClN3O/c1-2-12-6-8-15(9-7-12)21-17(16(11-22)19-20-21)13-4-3-5-14(18)10-13/h3-10,22H,2,11H2,1H3. The van der Waals surface area contributed by atoms with Gasteiger partial charge in [0.15, 0.2) is 0 Å². The molecule has 0 aliphatic carbocycles. The van der Waals surface area contributed by atoms with Gasteiger partial charge in [-0.05, 0) is 36.2 Å². The van der Waals surface area contributed by atoms with Crippen LogP contribution in [0.3, 0.4) is 0 Å². The normalized spacial score (nSPS) is 10.9. The van der Waals surface area contributed by atoms with Gasteiger partial charge in [-0.25, -0.2) is 4.68 Å². The Labute approximate surface area is 134 Å². The van der Waals surface area contributed by atoms with E-state index in [1.54, 1.807) is 4.68 Å². The second-order valence-corrected chi connectivity index (χ2v) is 5.42. The summed E-state index contributed by atoms with van der Waals surface area (Å²) in [6.07, 6.45) is 0.987. The molecule has 0 bridgehead atoms. The Kier molecular flexibility index (Phi) is 4.22. The molecule has 0 aliphatic rings. The SMILES string of the molecule is CCc1ccc(-n2nnc(CO)c2-c2cccc(Cl)c2)cc1. The largest absolute Gasteiger partial charge is 0.390 e. The van der Waals surface area contributed by atoms with Gasteiger partial charge in [0.2, 0.25) is 0 Å². The molecule has 1 N–H and O–H groups in total. The Morgan fingerprint density at radius 1 is 1.14 bits per heavy atom. The Morgan fingerprint density at radius 3 is 2.55 bits per heavy atom. The summed E-state index contributed by atoms with van der Waals surface area (Å²) in [5.41, 5.74) is 4.33. The molecule has 112 valence electrons. The predicted octanol–water partition coefficient (Wildman–Crippen LogP) is 3.64. The summed E-state index contributed by atoms with van der Waals surface area (Å²) in [5.74, 6) is 0. The van der Waals surface area contributed by atoms with E-state index in [9.17, 15) is 5.11 Å². The fourth-order valence-corrected chi connectivity index (χ4v) is 2.59. The van der Waals surface area contributed by atoms with Crippen molar-refractivity contribution in [1.29, 1.82) is 0 Å². The molecular formula is C17H16ClN3O. The van der Waals surface area contributed by atoms with Crippen LogP contribution in [0.5, 0.6) is 0 Å². The molecule has 0 unspecified atom stereocenters. The van der Waals surface area contributed by atoms with E-state index in [0.717, 1.165) is 23.4 Å². The highest BCUT2D eigenvalue weighted by molar-refractivity contribution is 6.30. The van der Waals surface area contributed by atoms with Gasteiger partial charge in [-0.1, -0.05) is 48.0 Å². The van der Waals surface area contributed by atoms with Crippen LogP contribution in [0.1, 0.15) is 18.2 Å². The average Bonchev–Trinajstić information content (AvgIpc) is 2.99. The third-order valence-electron chi connectivity index (χ3n) is 3.58. The van der Waals surface area contributed by atoms with Crippen LogP contribution in [-0.2, 0) is 13.0 Å². The number of rotatable bonds is 4. The van der Waals surface area contributed by atoms with Gasteiger partial charge in [0.25, 0.3) is 0 Å². The highest BCUT2D eigenvalue weighted by atomic mass is 35.5. The molecule has 0 radical (unpaired) electrons. The van der Waals surface area contributed by atoms with Crippen LogP contribution in [-0.4, -0.2) is 20.1 Å². The Bertz CT molecular complexity index is 781. The molecule has 0 spiro atoms. The van der Waals surface area contributed by atoms with E-state index in [-0.39, 0.29) is 6.61 Å². The van der Waals surface area contributed by atoms with Crippen molar-refractivity contribution in [3.63, 3.8) is 0 Å². The Morgan fingerprint density at radius 2 is 1.91 bits per heavy atom. The monoisotopic (exact) mass is 313 g/mol. The summed E-state index contributed by atoms with van der Waals surface area (Å²) in [5, 5.41) is 18.4. The van der Waals surface area contributed by atoms with Crippen molar-refractivity contribution >= 4 is 11.6 Å². The van der Waals surface area contributed by atoms with Crippen LogP contribution in [0, 0.1) is 0 Å². The van der Waals surface area contributed by atoms with Crippen LogP contribution in [0.15, 0.2) is 48.5 Å². The van der Waals surface area contributed by atoms with Crippen molar-refractivity contribution < 1.29 is 5.11 Å². The molecule has 0 aliphatic heterocycles. The minimum absolute atomic E-state index is 0.172. The van der Waals surface area contributed by atoms with Crippen molar-refractivity contribution in [3.05, 3.63) is 64.8 Å². The molecule has 3 rings (SSSR count). The van der Waals surface area contributed by atoms with Crippen LogP contribution in [0.4, 0.5) is 0 Å². The summed E-state index contributed by atoms with van der Waals surface area (Å²) in [4.78, 5) is 0. The smallest absolute Gasteiger partial charge is 0.117 e. The molecule has 0 amide bonds. The molecular weight excluding hydrogens is 298 g/mol. The fraction of sp³-hybridized carbons (Fsp3) is 0.176. The Hall–Kier alpha value is -2.17. The first kappa shape index (κ1) is 14.8. The van der Waals surface area contributed by atoms with Gasteiger partial charge < -0.3 is 5.11 Å². The summed E-state index contributed by atoms with van der Waals surface area (Å²) in [6, 6.07) is 15.6. The topological polar surface area (TPSA) is 50.9 Å². The van der Waals surface area contributed by atoms with Gasteiger partial charge in [-0.3, -0.25) is 0 Å². The van der Waals surface area contributed by atoms with Gasteiger partial charge in [0, 0.05) is 10.6 Å². The maximum absolute atomic E-state index is 9.54. The maximum atomic E-state index is 9.54. The van der Waals surface area contributed by atoms with Crippen LogP contribution in [0.2, 0.25) is 5.02 Å². The summed E-state index contributed by atoms with van der Waals surface area (Å²) in [7, 11) is 0. The van der Waals surface area contributed by atoms with Gasteiger partial charge in [0.1, 0.15) is 11.4 Å². The number of aliphatic hydroxyl groups is 1. The molecule has 0 saturated heterocycles. The van der Waals surface area contributed by atoms with E-state index >= 15 is 0 Å². The number of aliphatic hydroxyl groups excluding tert-OH is 1. The lowest BCUT2D eigenvalue weighted by molar-refractivity contribution is 0.277. The first-order valence-electron chi connectivity index (χ1n) is 7.13. The quantitative estimate of drug-likeness (QED) is 0.800. The average molecular weight is 314 g/mol. The molecule has 3 aromatic rings. The van der Waals surface area contributed by atoms with Crippen molar-refractivity contribution in [2.24, 2.45) is 0 Å². The number of hydrogen-bond donors (Lipinski definition) is 1. The molecule has 1 aromatic heterocycles. The van der Waals surface area contributed by atoms with Gasteiger partial charge in [0.05, 0.1) is 12.3 Å². The minimum atomic E-state index is -0.172. The van der Waals surface area contributed by atoms with E-state index in [1.165, 1.54) is 5.56 Å². The second kappa shape index (κ2) is 6.30. The molecule has 0 atom stereocenters. The third kappa shape index (κ3) is 2.75. The number of benzene rings is 2. The number of aromatic nitrogens is 3. The second-order valence-electron chi connectivity index (χ2n) is 4.99. The van der Waals surface area contributed by atoms with Crippen molar-refractivity contribution in [2.45, 2.75) is 20.0 Å². The highest BCUT2D eigenvalue weighted by Gasteiger charge is 2.15. The van der Waals surface area contributed by atoms with Crippen LogP contribution >= 0.6 is 11.6 Å². The number of hydrogen-bond acceptors (Lipinski definition) is 3. The lowest BCUT2D eigenvalue weighted by atomic mass is 10.1. The first-order chi connectivity index (χ1) is 10.7. The van der Waals surface area contributed by atoms with Gasteiger partial charge >= 0.3 is 0 Å². The zero-order chi connectivity index (χ0) is 15.5. The van der Waals surface area contributed by atoms with Gasteiger partial charge in [-0.2, -0.15) is 0 Å².